The number of aliphatic hydroxyl groups is 3. The lowest BCUT2D eigenvalue weighted by atomic mass is 10.1. The summed E-state index contributed by atoms with van der Waals surface area (Å²) in [6, 6.07) is 5.20. The number of aliphatic hydroxyl groups excluding tert-OH is 3. The Balaban J connectivity index is 2.03. The number of nitro groups is 1. The van der Waals surface area contributed by atoms with Crippen LogP contribution in [0.4, 0.5) is 5.69 Å². The van der Waals surface area contributed by atoms with Crippen LogP contribution in [-0.4, -0.2) is 51.5 Å². The molecule has 0 saturated carbocycles. The lowest BCUT2D eigenvalue weighted by Crippen LogP contribution is -2.54. The minimum atomic E-state index is -1.40. The smallest absolute Gasteiger partial charge is 0.269 e. The lowest BCUT2D eigenvalue weighted by Gasteiger charge is -2.34. The van der Waals surface area contributed by atoms with Crippen LogP contribution in [0.15, 0.2) is 24.3 Å². The first-order chi connectivity index (χ1) is 8.99. The van der Waals surface area contributed by atoms with Gasteiger partial charge in [0, 0.05) is 12.1 Å². The van der Waals surface area contributed by atoms with E-state index in [-0.39, 0.29) is 18.0 Å². The molecule has 104 valence electrons. The number of hydrogen-bond acceptors (Lipinski definition) is 7. The van der Waals surface area contributed by atoms with E-state index in [2.05, 4.69) is 0 Å². The second kappa shape index (κ2) is 5.49. The van der Waals surface area contributed by atoms with Gasteiger partial charge >= 0.3 is 0 Å². The van der Waals surface area contributed by atoms with Gasteiger partial charge in [-0.3, -0.25) is 10.1 Å². The molecule has 8 nitrogen and oxygen atoms in total. The highest BCUT2D eigenvalue weighted by atomic mass is 16.7. The van der Waals surface area contributed by atoms with E-state index in [9.17, 15) is 25.4 Å². The van der Waals surface area contributed by atoms with Crippen molar-refractivity contribution in [2.24, 2.45) is 0 Å². The molecule has 0 radical (unpaired) electrons. The molecule has 19 heavy (non-hydrogen) atoms. The molecular formula is C11H13NO7. The highest BCUT2D eigenvalue weighted by Crippen LogP contribution is 2.22. The second-order valence-corrected chi connectivity index (χ2v) is 4.12. The van der Waals surface area contributed by atoms with E-state index in [1.165, 1.54) is 24.3 Å². The highest BCUT2D eigenvalue weighted by Gasteiger charge is 2.38. The number of non-ortho nitro benzene ring substituents is 1. The summed E-state index contributed by atoms with van der Waals surface area (Å²) in [6.45, 7) is -0.171. The Labute approximate surface area is 108 Å². The van der Waals surface area contributed by atoms with Gasteiger partial charge in [0.25, 0.3) is 5.69 Å². The molecule has 0 amide bonds. The third-order valence-electron chi connectivity index (χ3n) is 2.75. The average molecular weight is 271 g/mol. The molecule has 2 rings (SSSR count). The minimum absolute atomic E-state index is 0.0899. The molecule has 0 aromatic heterocycles. The summed E-state index contributed by atoms with van der Waals surface area (Å²) in [5, 5.41) is 38.8. The van der Waals surface area contributed by atoms with Crippen molar-refractivity contribution in [3.63, 3.8) is 0 Å². The maximum atomic E-state index is 10.5. The van der Waals surface area contributed by atoms with Crippen molar-refractivity contribution < 1.29 is 29.7 Å². The van der Waals surface area contributed by atoms with Crippen molar-refractivity contribution >= 4 is 5.69 Å². The van der Waals surface area contributed by atoms with Gasteiger partial charge < -0.3 is 24.8 Å². The van der Waals surface area contributed by atoms with Gasteiger partial charge in [-0.1, -0.05) is 0 Å². The van der Waals surface area contributed by atoms with Gasteiger partial charge in [0.1, 0.15) is 24.1 Å². The average Bonchev–Trinajstić information content (AvgIpc) is 2.40. The van der Waals surface area contributed by atoms with Crippen molar-refractivity contribution in [2.45, 2.75) is 24.6 Å². The van der Waals surface area contributed by atoms with E-state index in [1.807, 2.05) is 0 Å². The Bertz CT molecular complexity index is 449. The Morgan fingerprint density at radius 2 is 1.84 bits per heavy atom. The van der Waals surface area contributed by atoms with Crippen molar-refractivity contribution in [2.75, 3.05) is 6.61 Å². The zero-order valence-electron chi connectivity index (χ0n) is 9.75. The Hall–Kier alpha value is -1.74. The van der Waals surface area contributed by atoms with Crippen molar-refractivity contribution in [1.29, 1.82) is 0 Å². The number of benzene rings is 1. The van der Waals surface area contributed by atoms with Crippen LogP contribution in [0.25, 0.3) is 0 Å². The standard InChI is InChI=1S/C11H13NO7/c13-8-5-18-11(10(15)9(8)14)19-7-3-1-6(2-4-7)12(16)17/h1-4,8-11,13-15H,5H2/t8-,9-,10?,11-/m0/s1. The van der Waals surface area contributed by atoms with Crippen LogP contribution < -0.4 is 4.74 Å². The van der Waals surface area contributed by atoms with Gasteiger partial charge in [-0.2, -0.15) is 0 Å². The van der Waals surface area contributed by atoms with Crippen LogP contribution in [0.2, 0.25) is 0 Å². The quantitative estimate of drug-likeness (QED) is 0.496. The molecular weight excluding hydrogens is 258 g/mol. The number of nitro benzene ring substituents is 1. The van der Waals surface area contributed by atoms with Crippen molar-refractivity contribution in [3.8, 4) is 5.75 Å². The Morgan fingerprint density at radius 3 is 2.42 bits per heavy atom. The highest BCUT2D eigenvalue weighted by molar-refractivity contribution is 5.36. The van der Waals surface area contributed by atoms with E-state index in [0.29, 0.717) is 0 Å². The molecule has 1 fully saturated rings. The van der Waals surface area contributed by atoms with Gasteiger partial charge in [-0.25, -0.2) is 0 Å². The topological polar surface area (TPSA) is 122 Å². The molecule has 3 N–H and O–H groups in total. The number of hydrogen-bond donors (Lipinski definition) is 3. The summed E-state index contributed by atoms with van der Waals surface area (Å²) in [5.74, 6) is 0.248. The summed E-state index contributed by atoms with van der Waals surface area (Å²) >= 11 is 0. The fourth-order valence-electron chi connectivity index (χ4n) is 1.66. The van der Waals surface area contributed by atoms with Crippen LogP contribution in [0.3, 0.4) is 0 Å². The summed E-state index contributed by atoms with van der Waals surface area (Å²) in [6.07, 6.45) is -5.08. The number of nitrogens with zero attached hydrogens (tertiary/aromatic N) is 1. The molecule has 1 aromatic rings. The van der Waals surface area contributed by atoms with Crippen LogP contribution in [0, 0.1) is 10.1 Å². The van der Waals surface area contributed by atoms with Crippen molar-refractivity contribution in [1.82, 2.24) is 0 Å². The van der Waals surface area contributed by atoms with Gasteiger partial charge in [-0.05, 0) is 12.1 Å². The Morgan fingerprint density at radius 1 is 1.21 bits per heavy atom. The monoisotopic (exact) mass is 271 g/mol. The van der Waals surface area contributed by atoms with Gasteiger partial charge in [0.15, 0.2) is 0 Å². The molecule has 0 spiro atoms. The van der Waals surface area contributed by atoms with E-state index >= 15 is 0 Å². The fraction of sp³-hybridized carbons (Fsp3) is 0.455. The second-order valence-electron chi connectivity index (χ2n) is 4.12. The molecule has 1 unspecified atom stereocenters. The van der Waals surface area contributed by atoms with Crippen molar-refractivity contribution in [3.05, 3.63) is 34.4 Å². The first kappa shape index (κ1) is 13.7. The van der Waals surface area contributed by atoms with E-state index in [1.54, 1.807) is 0 Å². The molecule has 1 heterocycles. The normalized spacial score (nSPS) is 30.9. The zero-order chi connectivity index (χ0) is 14.0. The predicted octanol–water partition coefficient (Wildman–Crippen LogP) is -0.587. The summed E-state index contributed by atoms with van der Waals surface area (Å²) < 4.78 is 10.3. The van der Waals surface area contributed by atoms with E-state index in [4.69, 9.17) is 9.47 Å². The first-order valence-electron chi connectivity index (χ1n) is 5.56. The lowest BCUT2D eigenvalue weighted by molar-refractivity contribution is -0.384. The van der Waals surface area contributed by atoms with Gasteiger partial charge in [-0.15, -0.1) is 0 Å². The zero-order valence-corrected chi connectivity index (χ0v) is 9.75. The third kappa shape index (κ3) is 2.99. The van der Waals surface area contributed by atoms with E-state index < -0.39 is 29.5 Å². The van der Waals surface area contributed by atoms with E-state index in [0.717, 1.165) is 0 Å². The molecule has 4 atom stereocenters. The fourth-order valence-corrected chi connectivity index (χ4v) is 1.66. The third-order valence-corrected chi connectivity index (χ3v) is 2.75. The maximum Gasteiger partial charge on any atom is 0.269 e. The summed E-state index contributed by atoms with van der Waals surface area (Å²) in [7, 11) is 0. The molecule has 1 aromatic carbocycles. The largest absolute Gasteiger partial charge is 0.462 e. The van der Waals surface area contributed by atoms with Crippen LogP contribution in [-0.2, 0) is 4.74 Å². The maximum absolute atomic E-state index is 10.5. The molecule has 0 bridgehead atoms. The summed E-state index contributed by atoms with van der Waals surface area (Å²) in [5.41, 5.74) is -0.0899. The molecule has 1 aliphatic rings. The first-order valence-corrected chi connectivity index (χ1v) is 5.56. The van der Waals surface area contributed by atoms with Crippen LogP contribution in [0.5, 0.6) is 5.75 Å². The van der Waals surface area contributed by atoms with Crippen LogP contribution in [0.1, 0.15) is 0 Å². The molecule has 8 heteroatoms. The SMILES string of the molecule is O=[N+]([O-])c1ccc(O[C@@H]2OC[C@H](O)[C@H](O)C2O)cc1. The molecule has 0 aliphatic carbocycles. The predicted molar refractivity (Wildman–Crippen MR) is 61.5 cm³/mol. The van der Waals surface area contributed by atoms with Crippen LogP contribution >= 0.6 is 0 Å². The molecule has 1 saturated heterocycles. The van der Waals surface area contributed by atoms with Gasteiger partial charge in [0.05, 0.1) is 11.5 Å². The Kier molecular flexibility index (Phi) is 3.96. The summed E-state index contributed by atoms with van der Waals surface area (Å²) in [4.78, 5) is 9.93. The van der Waals surface area contributed by atoms with Gasteiger partial charge in [0.2, 0.25) is 6.29 Å². The number of rotatable bonds is 3. The molecule has 1 aliphatic heterocycles. The minimum Gasteiger partial charge on any atom is -0.462 e. The number of ether oxygens (including phenoxy) is 2.